The smallest absolute Gasteiger partial charge is 0.255 e. The molecule has 2 unspecified atom stereocenters. The highest BCUT2D eigenvalue weighted by Gasteiger charge is 2.63. The Hall–Kier alpha value is -3.36. The normalized spacial score (nSPS) is 24.0. The number of ketones is 2. The highest BCUT2D eigenvalue weighted by atomic mass is 35.5. The first-order valence-electron chi connectivity index (χ1n) is 14.3. The summed E-state index contributed by atoms with van der Waals surface area (Å²) in [4.78, 5) is 57.7. The maximum atomic E-state index is 14.1. The number of halogens is 2. The molecule has 3 aliphatic carbocycles. The van der Waals surface area contributed by atoms with Crippen LogP contribution in [-0.4, -0.2) is 114 Å². The molecule has 15 heteroatoms. The SMILES string of the molecule is CCCCN(C)CC(=O)Nc1cc(N(C)C)c2c(c1O)C(=O)C1=C(O)[C@]3(O)C(=O)C(C(N)=O)=C(O)[C@@H](N(C)C)C3CC1C2.Cl.Cl. The number of rotatable bonds is 9. The lowest BCUT2D eigenvalue weighted by Crippen LogP contribution is -2.63. The number of primary amides is 1. The number of anilines is 2. The Morgan fingerprint density at radius 3 is 2.24 bits per heavy atom. The van der Waals surface area contributed by atoms with Crippen LogP contribution >= 0.6 is 24.8 Å². The topological polar surface area (TPSA) is 197 Å². The van der Waals surface area contributed by atoms with Crippen molar-refractivity contribution in [2.45, 2.75) is 44.2 Å². The molecule has 250 valence electrons. The third-order valence-corrected chi connectivity index (χ3v) is 8.76. The third-order valence-electron chi connectivity index (χ3n) is 8.76. The fourth-order valence-corrected chi connectivity index (χ4v) is 6.74. The van der Waals surface area contributed by atoms with E-state index >= 15 is 0 Å². The number of phenolic OH excluding ortho intramolecular Hbond substituents is 1. The number of hydrogen-bond acceptors (Lipinski definition) is 11. The molecule has 13 nitrogen and oxygen atoms in total. The average Bonchev–Trinajstić information content (AvgIpc) is 2.90. The standard InChI is InChI=1S/C30H41N5O8.2ClH/c1-7-8-9-35(6)13-19(36)32-17-12-18(33(2)3)15-10-14-11-16-23(34(4)5)26(39)22(29(31)42)28(41)30(16,43)27(40)20(14)25(38)21(15)24(17)37;;/h12,14,16,23,37,39-40,43H,7-11,13H2,1-6H3,(H2,31,42)(H,32,36);2*1H/t14?,16?,23-,30-;;/m0../s1. The molecule has 2 amide bonds. The lowest BCUT2D eigenvalue weighted by molar-refractivity contribution is -0.148. The molecular formula is C30H43Cl2N5O8. The zero-order valence-corrected chi connectivity index (χ0v) is 27.8. The molecule has 0 aromatic heterocycles. The van der Waals surface area contributed by atoms with Crippen molar-refractivity contribution in [1.29, 1.82) is 0 Å². The van der Waals surface area contributed by atoms with Crippen LogP contribution < -0.4 is 16.0 Å². The number of carbonyl (C=O) groups excluding carboxylic acids is 4. The second kappa shape index (κ2) is 14.0. The Morgan fingerprint density at radius 1 is 1.09 bits per heavy atom. The molecule has 0 saturated carbocycles. The number of nitrogens with two attached hydrogens (primary N) is 1. The molecular weight excluding hydrogens is 629 g/mol. The molecule has 4 rings (SSSR count). The van der Waals surface area contributed by atoms with Gasteiger partial charge in [-0.3, -0.25) is 29.0 Å². The Labute approximate surface area is 274 Å². The van der Waals surface area contributed by atoms with Crippen LogP contribution in [0.3, 0.4) is 0 Å². The van der Waals surface area contributed by atoms with Gasteiger partial charge in [0.2, 0.25) is 11.7 Å². The van der Waals surface area contributed by atoms with Crippen LogP contribution in [0.4, 0.5) is 11.4 Å². The number of phenols is 1. The van der Waals surface area contributed by atoms with Crippen molar-refractivity contribution in [2.24, 2.45) is 17.6 Å². The summed E-state index contributed by atoms with van der Waals surface area (Å²) in [6.07, 6.45) is 2.01. The number of carbonyl (C=O) groups is 4. The summed E-state index contributed by atoms with van der Waals surface area (Å²) in [5.74, 6) is -7.67. The van der Waals surface area contributed by atoms with Crippen molar-refractivity contribution in [2.75, 3.05) is 58.5 Å². The zero-order chi connectivity index (χ0) is 32.1. The molecule has 0 spiro atoms. The second-order valence-electron chi connectivity index (χ2n) is 12.1. The summed E-state index contributed by atoms with van der Waals surface area (Å²) in [6, 6.07) is 0.514. The van der Waals surface area contributed by atoms with Gasteiger partial charge in [-0.1, -0.05) is 13.3 Å². The molecule has 0 heterocycles. The van der Waals surface area contributed by atoms with Crippen molar-refractivity contribution in [1.82, 2.24) is 9.80 Å². The van der Waals surface area contributed by atoms with Crippen LogP contribution in [0.2, 0.25) is 0 Å². The van der Waals surface area contributed by atoms with Gasteiger partial charge in [0.1, 0.15) is 17.1 Å². The fraction of sp³-hybridized carbons (Fsp3) is 0.533. The molecule has 1 aromatic rings. The second-order valence-corrected chi connectivity index (χ2v) is 12.1. The number of aliphatic hydroxyl groups excluding tert-OH is 2. The van der Waals surface area contributed by atoms with Gasteiger partial charge in [-0.2, -0.15) is 0 Å². The van der Waals surface area contributed by atoms with E-state index in [2.05, 4.69) is 5.32 Å². The Bertz CT molecular complexity index is 1460. The van der Waals surface area contributed by atoms with E-state index in [9.17, 15) is 39.6 Å². The minimum absolute atomic E-state index is 0. The van der Waals surface area contributed by atoms with Crippen LogP contribution in [0.5, 0.6) is 5.75 Å². The van der Waals surface area contributed by atoms with Gasteiger partial charge >= 0.3 is 0 Å². The van der Waals surface area contributed by atoms with Gasteiger partial charge in [-0.25, -0.2) is 0 Å². The van der Waals surface area contributed by atoms with Gasteiger partial charge in [0.15, 0.2) is 17.1 Å². The van der Waals surface area contributed by atoms with Crippen molar-refractivity contribution in [3.8, 4) is 5.75 Å². The van der Waals surface area contributed by atoms with Crippen LogP contribution in [0.25, 0.3) is 0 Å². The van der Waals surface area contributed by atoms with Gasteiger partial charge in [0.05, 0.1) is 23.8 Å². The molecule has 0 saturated heterocycles. The lowest BCUT2D eigenvalue weighted by atomic mass is 9.58. The number of fused-ring (bicyclic) bond motifs is 3. The summed E-state index contributed by atoms with van der Waals surface area (Å²) in [5, 5.41) is 48.2. The number of aromatic hydroxyl groups is 1. The number of nitrogens with zero attached hydrogens (tertiary/aromatic N) is 3. The Morgan fingerprint density at radius 2 is 1.71 bits per heavy atom. The number of Topliss-reactive ketones (excluding diaryl/α,β-unsaturated/α-hetero) is 2. The van der Waals surface area contributed by atoms with Gasteiger partial charge in [0.25, 0.3) is 5.91 Å². The van der Waals surface area contributed by atoms with E-state index in [-0.39, 0.29) is 61.0 Å². The first kappa shape index (κ1) is 37.8. The highest BCUT2D eigenvalue weighted by Crippen LogP contribution is 2.53. The molecule has 0 bridgehead atoms. The van der Waals surface area contributed by atoms with Crippen LogP contribution in [-0.2, 0) is 20.8 Å². The molecule has 0 fully saturated rings. The Balaban J connectivity index is 0.00000353. The first-order valence-corrected chi connectivity index (χ1v) is 14.3. The van der Waals surface area contributed by atoms with E-state index in [0.29, 0.717) is 17.8 Å². The van der Waals surface area contributed by atoms with E-state index in [0.717, 1.165) is 12.8 Å². The Kier molecular flexibility index (Phi) is 11.7. The molecule has 0 radical (unpaired) electrons. The van der Waals surface area contributed by atoms with E-state index in [1.807, 2.05) is 11.8 Å². The predicted molar refractivity (Wildman–Crippen MR) is 174 cm³/mol. The highest BCUT2D eigenvalue weighted by molar-refractivity contribution is 6.25. The van der Waals surface area contributed by atoms with Gasteiger partial charge in [-0.15, -0.1) is 24.8 Å². The molecule has 4 atom stereocenters. The lowest BCUT2D eigenvalue weighted by Gasteiger charge is -2.50. The summed E-state index contributed by atoms with van der Waals surface area (Å²) in [6.45, 7) is 2.81. The molecule has 45 heavy (non-hydrogen) atoms. The van der Waals surface area contributed by atoms with E-state index in [1.54, 1.807) is 46.2 Å². The van der Waals surface area contributed by atoms with Gasteiger partial charge in [-0.05, 0) is 64.5 Å². The van der Waals surface area contributed by atoms with Crippen molar-refractivity contribution in [3.05, 3.63) is 39.9 Å². The zero-order valence-electron chi connectivity index (χ0n) is 26.2. The van der Waals surface area contributed by atoms with Crippen molar-refractivity contribution >= 4 is 59.6 Å². The van der Waals surface area contributed by atoms with Crippen molar-refractivity contribution in [3.63, 3.8) is 0 Å². The molecule has 0 aliphatic heterocycles. The summed E-state index contributed by atoms with van der Waals surface area (Å²) >= 11 is 0. The fourth-order valence-electron chi connectivity index (χ4n) is 6.74. The van der Waals surface area contributed by atoms with Crippen LogP contribution in [0.15, 0.2) is 28.7 Å². The number of benzene rings is 1. The summed E-state index contributed by atoms with van der Waals surface area (Å²) in [7, 11) is 8.46. The number of allylic oxidation sites excluding steroid dienone is 1. The maximum Gasteiger partial charge on any atom is 0.255 e. The monoisotopic (exact) mass is 671 g/mol. The van der Waals surface area contributed by atoms with Crippen LogP contribution in [0.1, 0.15) is 42.1 Å². The van der Waals surface area contributed by atoms with E-state index < -0.39 is 69.7 Å². The average molecular weight is 673 g/mol. The minimum Gasteiger partial charge on any atom is -0.510 e. The molecule has 7 N–H and O–H groups in total. The summed E-state index contributed by atoms with van der Waals surface area (Å²) < 4.78 is 0. The minimum atomic E-state index is -2.72. The largest absolute Gasteiger partial charge is 0.510 e. The number of aliphatic hydroxyl groups is 3. The third kappa shape index (κ3) is 6.24. The van der Waals surface area contributed by atoms with Gasteiger partial charge < -0.3 is 36.4 Å². The molecule has 1 aromatic carbocycles. The van der Waals surface area contributed by atoms with E-state index in [4.69, 9.17) is 5.73 Å². The maximum absolute atomic E-state index is 14.1. The van der Waals surface area contributed by atoms with E-state index in [1.165, 1.54) is 4.90 Å². The predicted octanol–water partition coefficient (Wildman–Crippen LogP) is 1.70. The number of likely N-dealkylation sites (N-methyl/N-ethyl adjacent to an activating group) is 2. The van der Waals surface area contributed by atoms with Crippen LogP contribution in [0, 0.1) is 11.8 Å². The summed E-state index contributed by atoms with van der Waals surface area (Å²) in [5.41, 5.74) is 2.40. The quantitative estimate of drug-likeness (QED) is 0.165. The number of amides is 2. The molecule has 3 aliphatic rings. The van der Waals surface area contributed by atoms with Crippen molar-refractivity contribution < 1.29 is 39.6 Å². The number of hydrogen-bond donors (Lipinski definition) is 6. The first-order chi connectivity index (χ1) is 20.1. The number of nitrogens with one attached hydrogen (secondary N) is 1. The number of unbranched alkanes of at least 4 members (excludes halogenated alkanes) is 1. The van der Waals surface area contributed by atoms with Gasteiger partial charge in [0, 0.05) is 31.3 Å².